The molecule has 5 nitrogen and oxygen atoms in total. The molecule has 0 aliphatic heterocycles. The van der Waals surface area contributed by atoms with Gasteiger partial charge in [0.15, 0.2) is 0 Å². The number of nitrogens with zero attached hydrogens (tertiary/aromatic N) is 1. The van der Waals surface area contributed by atoms with Gasteiger partial charge in [-0.2, -0.15) is 8.42 Å². The van der Waals surface area contributed by atoms with Crippen LogP contribution in [0.25, 0.3) is 10.8 Å². The van der Waals surface area contributed by atoms with E-state index < -0.39 is 10.1 Å². The number of aliphatic imine (C=N–C) groups is 1. The summed E-state index contributed by atoms with van der Waals surface area (Å²) in [4.78, 5) is 4.24. The molecule has 0 aliphatic rings. The number of hydrogen-bond acceptors (Lipinski definition) is 4. The Morgan fingerprint density at radius 2 is 1.67 bits per heavy atom. The summed E-state index contributed by atoms with van der Waals surface area (Å²) in [5.74, 6) is 0.742. The Hall–Kier alpha value is -2.70. The normalized spacial score (nSPS) is 11.9. The Morgan fingerprint density at radius 1 is 1.00 bits per heavy atom. The second-order valence-corrected chi connectivity index (χ2v) is 6.53. The standard InChI is InChI=1S/C18H15NO4S/c1-23-15-10-8-13(9-11-15)12-19-16-6-2-4-14-5-3-7-17(18(14)16)24(20,21)22/h2-12H,1H3,(H,20,21,22). The largest absolute Gasteiger partial charge is 0.497 e. The third kappa shape index (κ3) is 3.29. The summed E-state index contributed by atoms with van der Waals surface area (Å²) < 4.78 is 37.8. The monoisotopic (exact) mass is 341 g/mol. The van der Waals surface area contributed by atoms with Crippen LogP contribution in [0.1, 0.15) is 5.56 Å². The Balaban J connectivity index is 2.10. The van der Waals surface area contributed by atoms with Gasteiger partial charge in [0.1, 0.15) is 10.6 Å². The molecule has 3 aromatic carbocycles. The van der Waals surface area contributed by atoms with Crippen molar-refractivity contribution in [2.24, 2.45) is 4.99 Å². The summed E-state index contributed by atoms with van der Waals surface area (Å²) in [6.45, 7) is 0. The summed E-state index contributed by atoms with van der Waals surface area (Å²) in [6, 6.07) is 17.3. The van der Waals surface area contributed by atoms with E-state index in [2.05, 4.69) is 4.99 Å². The Labute approximate surface area is 140 Å². The fourth-order valence-corrected chi connectivity index (χ4v) is 3.17. The highest BCUT2D eigenvalue weighted by Crippen LogP contribution is 2.31. The Bertz CT molecular complexity index is 1000. The molecule has 0 atom stereocenters. The van der Waals surface area contributed by atoms with Gasteiger partial charge in [-0.15, -0.1) is 0 Å². The zero-order chi connectivity index (χ0) is 17.2. The molecule has 0 unspecified atom stereocenters. The first kappa shape index (κ1) is 16.2. The van der Waals surface area contributed by atoms with Crippen LogP contribution in [-0.2, 0) is 10.1 Å². The van der Waals surface area contributed by atoms with Crippen LogP contribution >= 0.6 is 0 Å². The number of ether oxygens (including phenoxy) is 1. The topological polar surface area (TPSA) is 76.0 Å². The summed E-state index contributed by atoms with van der Waals surface area (Å²) in [7, 11) is -2.74. The minimum absolute atomic E-state index is 0.150. The zero-order valence-corrected chi connectivity index (χ0v) is 13.7. The van der Waals surface area contributed by atoms with Crippen LogP contribution in [0, 0.1) is 0 Å². The molecular formula is C18H15NO4S. The highest BCUT2D eigenvalue weighted by Gasteiger charge is 2.15. The van der Waals surface area contributed by atoms with Gasteiger partial charge in [-0.1, -0.05) is 24.3 Å². The second-order valence-electron chi connectivity index (χ2n) is 5.14. The van der Waals surface area contributed by atoms with Gasteiger partial charge >= 0.3 is 0 Å². The van der Waals surface area contributed by atoms with Crippen LogP contribution in [0.4, 0.5) is 5.69 Å². The fourth-order valence-electron chi connectivity index (χ4n) is 2.44. The van der Waals surface area contributed by atoms with Crippen molar-refractivity contribution in [2.45, 2.75) is 4.90 Å². The van der Waals surface area contributed by atoms with Crippen LogP contribution in [0.5, 0.6) is 5.75 Å². The van der Waals surface area contributed by atoms with Gasteiger partial charge in [-0.25, -0.2) is 0 Å². The lowest BCUT2D eigenvalue weighted by Gasteiger charge is -2.06. The van der Waals surface area contributed by atoms with Gasteiger partial charge in [0, 0.05) is 11.6 Å². The van der Waals surface area contributed by atoms with Crippen molar-refractivity contribution in [1.82, 2.24) is 0 Å². The van der Waals surface area contributed by atoms with Crippen LogP contribution in [0.3, 0.4) is 0 Å². The van der Waals surface area contributed by atoms with E-state index in [1.54, 1.807) is 43.7 Å². The average molecular weight is 341 g/mol. The van der Waals surface area contributed by atoms with Crippen molar-refractivity contribution in [3.8, 4) is 5.75 Å². The summed E-state index contributed by atoms with van der Waals surface area (Å²) >= 11 is 0. The Kier molecular flexibility index (Phi) is 4.33. The molecule has 3 rings (SSSR count). The molecule has 24 heavy (non-hydrogen) atoms. The molecule has 0 bridgehead atoms. The molecule has 1 N–H and O–H groups in total. The molecule has 0 saturated heterocycles. The highest BCUT2D eigenvalue weighted by atomic mass is 32.2. The van der Waals surface area contributed by atoms with E-state index in [0.29, 0.717) is 16.5 Å². The van der Waals surface area contributed by atoms with Gasteiger partial charge in [0.25, 0.3) is 10.1 Å². The molecule has 0 fully saturated rings. The number of hydrogen-bond donors (Lipinski definition) is 1. The Morgan fingerprint density at radius 3 is 2.29 bits per heavy atom. The maximum atomic E-state index is 11.6. The van der Waals surface area contributed by atoms with E-state index in [1.165, 1.54) is 6.07 Å². The van der Waals surface area contributed by atoms with Crippen LogP contribution in [0.2, 0.25) is 0 Å². The zero-order valence-electron chi connectivity index (χ0n) is 12.9. The predicted molar refractivity (Wildman–Crippen MR) is 94.0 cm³/mol. The molecule has 6 heteroatoms. The van der Waals surface area contributed by atoms with Gasteiger partial charge in [0.05, 0.1) is 12.8 Å². The first-order chi connectivity index (χ1) is 11.5. The molecular weight excluding hydrogens is 326 g/mol. The first-order valence-corrected chi connectivity index (χ1v) is 8.60. The van der Waals surface area contributed by atoms with Crippen molar-refractivity contribution >= 4 is 32.8 Å². The van der Waals surface area contributed by atoms with Crippen LogP contribution < -0.4 is 4.74 Å². The molecule has 0 radical (unpaired) electrons. The number of benzene rings is 3. The number of methoxy groups -OCH3 is 1. The van der Waals surface area contributed by atoms with Crippen molar-refractivity contribution in [3.63, 3.8) is 0 Å². The number of rotatable bonds is 4. The molecule has 0 spiro atoms. The minimum Gasteiger partial charge on any atom is -0.497 e. The highest BCUT2D eigenvalue weighted by molar-refractivity contribution is 7.86. The third-order valence-corrected chi connectivity index (χ3v) is 4.49. The SMILES string of the molecule is COc1ccc(C=Nc2cccc3cccc(S(=O)(=O)O)c23)cc1. The van der Waals surface area contributed by atoms with E-state index in [-0.39, 0.29) is 4.90 Å². The summed E-state index contributed by atoms with van der Waals surface area (Å²) in [6.07, 6.45) is 1.63. The predicted octanol–water partition coefficient (Wildman–Crippen LogP) is 3.85. The molecule has 3 aromatic rings. The van der Waals surface area contributed by atoms with E-state index in [1.807, 2.05) is 24.3 Å². The molecule has 0 saturated carbocycles. The molecule has 0 aliphatic carbocycles. The smallest absolute Gasteiger partial charge is 0.295 e. The van der Waals surface area contributed by atoms with E-state index >= 15 is 0 Å². The maximum Gasteiger partial charge on any atom is 0.295 e. The third-order valence-electron chi connectivity index (χ3n) is 3.59. The molecule has 0 amide bonds. The fraction of sp³-hybridized carbons (Fsp3) is 0.0556. The van der Waals surface area contributed by atoms with Crippen molar-refractivity contribution < 1.29 is 17.7 Å². The van der Waals surface area contributed by atoms with Crippen LogP contribution in [0.15, 0.2) is 70.6 Å². The summed E-state index contributed by atoms with van der Waals surface area (Å²) in [5.41, 5.74) is 1.31. The quantitative estimate of drug-likeness (QED) is 0.578. The van der Waals surface area contributed by atoms with Gasteiger partial charge < -0.3 is 4.74 Å². The van der Waals surface area contributed by atoms with Gasteiger partial charge in [-0.05, 0) is 47.3 Å². The second kappa shape index (κ2) is 6.43. The molecule has 0 heterocycles. The van der Waals surface area contributed by atoms with Crippen molar-refractivity contribution in [2.75, 3.05) is 7.11 Å². The van der Waals surface area contributed by atoms with Crippen LogP contribution in [-0.4, -0.2) is 26.3 Å². The first-order valence-electron chi connectivity index (χ1n) is 7.16. The van der Waals surface area contributed by atoms with E-state index in [9.17, 15) is 13.0 Å². The van der Waals surface area contributed by atoms with Gasteiger partial charge in [-0.3, -0.25) is 9.55 Å². The minimum atomic E-state index is -4.33. The lowest BCUT2D eigenvalue weighted by atomic mass is 10.1. The lowest BCUT2D eigenvalue weighted by molar-refractivity contribution is 0.415. The van der Waals surface area contributed by atoms with Crippen molar-refractivity contribution in [1.29, 1.82) is 0 Å². The average Bonchev–Trinajstić information content (AvgIpc) is 2.59. The maximum absolute atomic E-state index is 11.6. The van der Waals surface area contributed by atoms with E-state index in [0.717, 1.165) is 11.3 Å². The number of fused-ring (bicyclic) bond motifs is 1. The van der Waals surface area contributed by atoms with Gasteiger partial charge in [0.2, 0.25) is 0 Å². The lowest BCUT2D eigenvalue weighted by Crippen LogP contribution is -1.99. The molecule has 0 aromatic heterocycles. The van der Waals surface area contributed by atoms with E-state index in [4.69, 9.17) is 4.74 Å². The molecule has 122 valence electrons. The summed E-state index contributed by atoms with van der Waals surface area (Å²) in [5, 5.41) is 1.08. The van der Waals surface area contributed by atoms with Crippen molar-refractivity contribution in [3.05, 3.63) is 66.2 Å².